The molecule has 6 heteroatoms. The van der Waals surface area contributed by atoms with Crippen LogP contribution in [-0.2, 0) is 4.74 Å². The highest BCUT2D eigenvalue weighted by Gasteiger charge is 2.07. The first-order chi connectivity index (χ1) is 9.11. The Balaban J connectivity index is 2.16. The Morgan fingerprint density at radius 2 is 1.89 bits per heavy atom. The summed E-state index contributed by atoms with van der Waals surface area (Å²) in [4.78, 5) is 0. The summed E-state index contributed by atoms with van der Waals surface area (Å²) < 4.78 is 10.2. The average molecular weight is 290 g/mol. The van der Waals surface area contributed by atoms with Gasteiger partial charge in [-0.3, -0.25) is 0 Å². The lowest BCUT2D eigenvalue weighted by molar-refractivity contribution is 0.0582. The van der Waals surface area contributed by atoms with Gasteiger partial charge in [0.05, 0.1) is 12.7 Å². The van der Waals surface area contributed by atoms with E-state index in [-0.39, 0.29) is 13.2 Å². The minimum absolute atomic E-state index is 0.160. The van der Waals surface area contributed by atoms with Gasteiger partial charge in [0.25, 0.3) is 0 Å². The quantitative estimate of drug-likeness (QED) is 0.623. The molecule has 1 aromatic carbocycles. The van der Waals surface area contributed by atoms with E-state index in [4.69, 9.17) is 21.1 Å². The molecular formula is C13H20ClNO4. The maximum Gasteiger partial charge on any atom is 0.120 e. The first-order valence-electron chi connectivity index (χ1n) is 6.06. The van der Waals surface area contributed by atoms with E-state index in [1.807, 2.05) is 0 Å². The van der Waals surface area contributed by atoms with Gasteiger partial charge in [-0.25, -0.2) is 0 Å². The summed E-state index contributed by atoms with van der Waals surface area (Å²) in [5.74, 6) is 0.617. The Morgan fingerprint density at radius 3 is 2.53 bits per heavy atom. The van der Waals surface area contributed by atoms with E-state index < -0.39 is 12.2 Å². The number of benzene rings is 1. The van der Waals surface area contributed by atoms with Gasteiger partial charge in [-0.05, 0) is 18.2 Å². The monoisotopic (exact) mass is 289 g/mol. The van der Waals surface area contributed by atoms with E-state index in [0.717, 1.165) is 0 Å². The molecule has 0 heterocycles. The van der Waals surface area contributed by atoms with Gasteiger partial charge >= 0.3 is 0 Å². The molecule has 5 nitrogen and oxygen atoms in total. The zero-order chi connectivity index (χ0) is 14.1. The second kappa shape index (κ2) is 9.12. The van der Waals surface area contributed by atoms with Gasteiger partial charge in [-0.1, -0.05) is 17.7 Å². The third-order valence-corrected chi connectivity index (χ3v) is 2.59. The van der Waals surface area contributed by atoms with E-state index >= 15 is 0 Å². The van der Waals surface area contributed by atoms with E-state index in [9.17, 15) is 10.2 Å². The summed E-state index contributed by atoms with van der Waals surface area (Å²) in [6, 6.07) is 6.99. The number of rotatable bonds is 9. The van der Waals surface area contributed by atoms with Crippen molar-refractivity contribution in [1.29, 1.82) is 0 Å². The summed E-state index contributed by atoms with van der Waals surface area (Å²) in [7, 11) is 1.52. The van der Waals surface area contributed by atoms with Crippen LogP contribution in [0.1, 0.15) is 0 Å². The molecule has 0 fully saturated rings. The van der Waals surface area contributed by atoms with Crippen molar-refractivity contribution < 1.29 is 19.7 Å². The fourth-order valence-electron chi connectivity index (χ4n) is 1.48. The SMILES string of the molecule is COCC(O)CNCC(O)COc1cccc(Cl)c1. The molecule has 3 N–H and O–H groups in total. The summed E-state index contributed by atoms with van der Waals surface area (Å²) in [6.07, 6.45) is -1.24. The third kappa shape index (κ3) is 7.34. The molecule has 1 rings (SSSR count). The van der Waals surface area contributed by atoms with Crippen molar-refractivity contribution in [2.45, 2.75) is 12.2 Å². The fraction of sp³-hybridized carbons (Fsp3) is 0.538. The highest BCUT2D eigenvalue weighted by molar-refractivity contribution is 6.30. The summed E-state index contributed by atoms with van der Waals surface area (Å²) in [5.41, 5.74) is 0. The highest BCUT2D eigenvalue weighted by Crippen LogP contribution is 2.17. The van der Waals surface area contributed by atoms with Gasteiger partial charge in [0.2, 0.25) is 0 Å². The minimum atomic E-state index is -0.659. The molecule has 0 spiro atoms. The molecule has 0 aliphatic rings. The normalized spacial score (nSPS) is 14.1. The number of ether oxygens (including phenoxy) is 2. The number of hydrogen-bond acceptors (Lipinski definition) is 5. The van der Waals surface area contributed by atoms with Gasteiger partial charge in [-0.15, -0.1) is 0 Å². The van der Waals surface area contributed by atoms with Crippen molar-refractivity contribution >= 4 is 11.6 Å². The van der Waals surface area contributed by atoms with Crippen molar-refractivity contribution in [2.75, 3.05) is 33.4 Å². The van der Waals surface area contributed by atoms with Gasteiger partial charge < -0.3 is 25.0 Å². The Kier molecular flexibility index (Phi) is 7.78. The zero-order valence-electron chi connectivity index (χ0n) is 10.9. The lowest BCUT2D eigenvalue weighted by atomic mass is 10.3. The molecule has 0 saturated heterocycles. The molecule has 0 bridgehead atoms. The number of aliphatic hydroxyl groups excluding tert-OH is 2. The van der Waals surface area contributed by atoms with Crippen molar-refractivity contribution in [3.63, 3.8) is 0 Å². The van der Waals surface area contributed by atoms with Crippen LogP contribution in [-0.4, -0.2) is 55.8 Å². The molecular weight excluding hydrogens is 270 g/mol. The summed E-state index contributed by atoms with van der Waals surface area (Å²) >= 11 is 5.81. The molecule has 0 aliphatic heterocycles. The maximum atomic E-state index is 9.69. The van der Waals surface area contributed by atoms with Crippen LogP contribution in [0, 0.1) is 0 Å². The number of methoxy groups -OCH3 is 1. The Labute approximate surface area is 118 Å². The lowest BCUT2D eigenvalue weighted by Crippen LogP contribution is -2.37. The van der Waals surface area contributed by atoms with Gasteiger partial charge in [0, 0.05) is 25.2 Å². The topological polar surface area (TPSA) is 71.0 Å². The Hall–Kier alpha value is -0.850. The molecule has 0 amide bonds. The van der Waals surface area contributed by atoms with Gasteiger partial charge in [0.1, 0.15) is 18.5 Å². The van der Waals surface area contributed by atoms with Crippen molar-refractivity contribution in [3.8, 4) is 5.75 Å². The second-order valence-corrected chi connectivity index (χ2v) is 4.63. The highest BCUT2D eigenvalue weighted by atomic mass is 35.5. The number of aliphatic hydroxyl groups is 2. The molecule has 0 aromatic heterocycles. The zero-order valence-corrected chi connectivity index (χ0v) is 11.6. The first-order valence-corrected chi connectivity index (χ1v) is 6.43. The van der Waals surface area contributed by atoms with Crippen LogP contribution in [0.3, 0.4) is 0 Å². The van der Waals surface area contributed by atoms with Crippen molar-refractivity contribution in [2.24, 2.45) is 0 Å². The molecule has 1 aromatic rings. The van der Waals surface area contributed by atoms with E-state index in [0.29, 0.717) is 23.9 Å². The van der Waals surface area contributed by atoms with Crippen LogP contribution in [0.4, 0.5) is 0 Å². The van der Waals surface area contributed by atoms with Crippen molar-refractivity contribution in [3.05, 3.63) is 29.3 Å². The number of nitrogens with one attached hydrogen (secondary N) is 1. The summed E-state index contributed by atoms with van der Waals surface area (Å²) in [6.45, 7) is 1.12. The van der Waals surface area contributed by atoms with E-state index in [1.54, 1.807) is 24.3 Å². The van der Waals surface area contributed by atoms with Crippen LogP contribution < -0.4 is 10.1 Å². The predicted octanol–water partition coefficient (Wildman–Crippen LogP) is 0.677. The van der Waals surface area contributed by atoms with Crippen LogP contribution in [0.2, 0.25) is 5.02 Å². The smallest absolute Gasteiger partial charge is 0.120 e. The third-order valence-electron chi connectivity index (χ3n) is 2.36. The largest absolute Gasteiger partial charge is 0.491 e. The molecule has 0 saturated carbocycles. The Morgan fingerprint density at radius 1 is 1.21 bits per heavy atom. The average Bonchev–Trinajstić information content (AvgIpc) is 2.37. The molecule has 2 unspecified atom stereocenters. The number of hydrogen-bond donors (Lipinski definition) is 3. The lowest BCUT2D eigenvalue weighted by Gasteiger charge is -2.15. The van der Waals surface area contributed by atoms with Crippen molar-refractivity contribution in [1.82, 2.24) is 5.32 Å². The fourth-order valence-corrected chi connectivity index (χ4v) is 1.66. The molecule has 0 aliphatic carbocycles. The van der Waals surface area contributed by atoms with E-state index in [2.05, 4.69) is 5.32 Å². The predicted molar refractivity (Wildman–Crippen MR) is 73.7 cm³/mol. The van der Waals surface area contributed by atoms with Crippen LogP contribution in [0.15, 0.2) is 24.3 Å². The van der Waals surface area contributed by atoms with Crippen LogP contribution in [0.5, 0.6) is 5.75 Å². The maximum absolute atomic E-state index is 9.69. The molecule has 2 atom stereocenters. The molecule has 19 heavy (non-hydrogen) atoms. The number of halogens is 1. The Bertz CT molecular complexity index is 364. The molecule has 108 valence electrons. The summed E-state index contributed by atoms with van der Waals surface area (Å²) in [5, 5.41) is 22.6. The second-order valence-electron chi connectivity index (χ2n) is 4.19. The molecule has 0 radical (unpaired) electrons. The standard InChI is InChI=1S/C13H20ClNO4/c1-18-8-11(16)6-15-7-12(17)9-19-13-4-2-3-10(14)5-13/h2-5,11-12,15-17H,6-9H2,1H3. The van der Waals surface area contributed by atoms with Crippen LogP contribution >= 0.6 is 11.6 Å². The minimum Gasteiger partial charge on any atom is -0.491 e. The van der Waals surface area contributed by atoms with Gasteiger partial charge in [0.15, 0.2) is 0 Å². The van der Waals surface area contributed by atoms with Crippen LogP contribution in [0.25, 0.3) is 0 Å². The first kappa shape index (κ1) is 16.2. The van der Waals surface area contributed by atoms with E-state index in [1.165, 1.54) is 7.11 Å². The van der Waals surface area contributed by atoms with Gasteiger partial charge in [-0.2, -0.15) is 0 Å².